The van der Waals surface area contributed by atoms with Crippen molar-refractivity contribution >= 4 is 17.5 Å². The van der Waals surface area contributed by atoms with E-state index in [0.29, 0.717) is 43.6 Å². The van der Waals surface area contributed by atoms with E-state index in [1.807, 2.05) is 23.1 Å². The molecule has 1 aliphatic carbocycles. The SMILES string of the molecule is O=C(N1CCN(Cc2nc(-c3cccc(C(F)(F)F)c3)no2)CC1)C1(c2cccc(Cl)c2)CC1. The first-order valence-corrected chi connectivity index (χ1v) is 11.4. The molecule has 1 saturated carbocycles. The monoisotopic (exact) mass is 490 g/mol. The second-order valence-electron chi connectivity index (χ2n) is 8.75. The van der Waals surface area contributed by atoms with E-state index >= 15 is 0 Å². The van der Waals surface area contributed by atoms with Crippen LogP contribution in [0.2, 0.25) is 5.02 Å². The van der Waals surface area contributed by atoms with Crippen molar-refractivity contribution in [2.45, 2.75) is 31.0 Å². The molecule has 10 heteroatoms. The van der Waals surface area contributed by atoms with Crippen molar-refractivity contribution in [1.82, 2.24) is 19.9 Å². The second-order valence-corrected chi connectivity index (χ2v) is 9.19. The molecule has 34 heavy (non-hydrogen) atoms. The number of hydrogen-bond donors (Lipinski definition) is 0. The van der Waals surface area contributed by atoms with E-state index in [4.69, 9.17) is 16.1 Å². The Hall–Kier alpha value is -2.91. The Morgan fingerprint density at radius 3 is 2.47 bits per heavy atom. The van der Waals surface area contributed by atoms with Crippen LogP contribution in [0.25, 0.3) is 11.4 Å². The summed E-state index contributed by atoms with van der Waals surface area (Å²) in [6.07, 6.45) is -2.79. The maximum atomic E-state index is 13.3. The number of alkyl halides is 3. The summed E-state index contributed by atoms with van der Waals surface area (Å²) >= 11 is 6.13. The average Bonchev–Trinajstić information content (AvgIpc) is 3.51. The van der Waals surface area contributed by atoms with Gasteiger partial charge in [0.15, 0.2) is 0 Å². The number of benzene rings is 2. The van der Waals surface area contributed by atoms with E-state index in [-0.39, 0.29) is 17.3 Å². The summed E-state index contributed by atoms with van der Waals surface area (Å²) in [5.74, 6) is 0.580. The van der Waals surface area contributed by atoms with Crippen LogP contribution >= 0.6 is 11.6 Å². The maximum absolute atomic E-state index is 13.3. The molecule has 1 aliphatic heterocycles. The normalized spacial score (nSPS) is 18.2. The van der Waals surface area contributed by atoms with Gasteiger partial charge in [-0.2, -0.15) is 18.2 Å². The predicted molar refractivity (Wildman–Crippen MR) is 119 cm³/mol. The van der Waals surface area contributed by atoms with Crippen molar-refractivity contribution in [2.75, 3.05) is 26.2 Å². The fourth-order valence-corrected chi connectivity index (χ4v) is 4.60. The number of carbonyl (C=O) groups excluding carboxylic acids is 1. The Morgan fingerprint density at radius 2 is 1.79 bits per heavy atom. The number of hydrogen-bond acceptors (Lipinski definition) is 5. The quantitative estimate of drug-likeness (QED) is 0.515. The summed E-state index contributed by atoms with van der Waals surface area (Å²) < 4.78 is 44.2. The molecule has 5 rings (SSSR count). The van der Waals surface area contributed by atoms with Gasteiger partial charge in [0.2, 0.25) is 17.6 Å². The molecule has 1 amide bonds. The lowest BCUT2D eigenvalue weighted by Crippen LogP contribution is -2.51. The number of piperazine rings is 1. The summed E-state index contributed by atoms with van der Waals surface area (Å²) in [4.78, 5) is 21.5. The fourth-order valence-electron chi connectivity index (χ4n) is 4.41. The highest BCUT2D eigenvalue weighted by Gasteiger charge is 2.53. The third-order valence-corrected chi connectivity index (χ3v) is 6.71. The second kappa shape index (κ2) is 8.70. The van der Waals surface area contributed by atoms with Gasteiger partial charge in [-0.3, -0.25) is 9.69 Å². The molecule has 0 unspecified atom stereocenters. The first-order chi connectivity index (χ1) is 16.2. The molecule has 0 N–H and O–H groups in total. The van der Waals surface area contributed by atoms with E-state index in [1.165, 1.54) is 12.1 Å². The molecular weight excluding hydrogens is 469 g/mol. The van der Waals surface area contributed by atoms with Gasteiger partial charge in [-0.25, -0.2) is 0 Å². The minimum absolute atomic E-state index is 0.118. The molecule has 2 fully saturated rings. The molecule has 3 aromatic rings. The van der Waals surface area contributed by atoms with E-state index < -0.39 is 17.2 Å². The Bertz CT molecular complexity index is 1200. The number of carbonyl (C=O) groups is 1. The van der Waals surface area contributed by atoms with E-state index in [0.717, 1.165) is 30.5 Å². The number of amides is 1. The number of nitrogens with zero attached hydrogens (tertiary/aromatic N) is 4. The van der Waals surface area contributed by atoms with Gasteiger partial charge < -0.3 is 9.42 Å². The summed E-state index contributed by atoms with van der Waals surface area (Å²) in [5, 5.41) is 4.47. The minimum Gasteiger partial charge on any atom is -0.339 e. The molecule has 2 aromatic carbocycles. The van der Waals surface area contributed by atoms with E-state index in [9.17, 15) is 18.0 Å². The first kappa shape index (κ1) is 22.9. The molecule has 1 saturated heterocycles. The van der Waals surface area contributed by atoms with E-state index in [2.05, 4.69) is 15.0 Å². The molecule has 1 aromatic heterocycles. The van der Waals surface area contributed by atoms with Crippen molar-refractivity contribution in [1.29, 1.82) is 0 Å². The van der Waals surface area contributed by atoms with Crippen molar-refractivity contribution in [2.24, 2.45) is 0 Å². The van der Waals surface area contributed by atoms with Gasteiger partial charge in [-0.1, -0.05) is 41.0 Å². The predicted octanol–water partition coefficient (Wildman–Crippen LogP) is 4.78. The van der Waals surface area contributed by atoms with Crippen molar-refractivity contribution < 1.29 is 22.5 Å². The zero-order valence-corrected chi connectivity index (χ0v) is 18.9. The van der Waals surface area contributed by atoms with Gasteiger partial charge in [0.1, 0.15) is 0 Å². The van der Waals surface area contributed by atoms with Crippen LogP contribution in [0, 0.1) is 0 Å². The zero-order chi connectivity index (χ0) is 23.9. The highest BCUT2D eigenvalue weighted by atomic mass is 35.5. The molecule has 2 aliphatic rings. The van der Waals surface area contributed by atoms with Crippen molar-refractivity contribution in [3.63, 3.8) is 0 Å². The zero-order valence-electron chi connectivity index (χ0n) is 18.2. The minimum atomic E-state index is -4.44. The molecule has 0 radical (unpaired) electrons. The lowest BCUT2D eigenvalue weighted by molar-refractivity contribution is -0.137. The molecule has 0 bridgehead atoms. The standard InChI is InChI=1S/C24H22ClF3N4O2/c25-19-6-2-4-17(14-19)23(7-8-23)22(33)32-11-9-31(10-12-32)15-20-29-21(30-34-20)16-3-1-5-18(13-16)24(26,27)28/h1-6,13-14H,7-12,15H2. The van der Waals surface area contributed by atoms with E-state index in [1.54, 1.807) is 6.07 Å². The Balaban J connectivity index is 1.19. The van der Waals surface area contributed by atoms with Crippen LogP contribution in [0.5, 0.6) is 0 Å². The number of halogens is 4. The summed E-state index contributed by atoms with van der Waals surface area (Å²) in [7, 11) is 0. The summed E-state index contributed by atoms with van der Waals surface area (Å²) in [6.45, 7) is 2.80. The summed E-state index contributed by atoms with van der Waals surface area (Å²) in [5.41, 5.74) is -0.000820. The van der Waals surface area contributed by atoms with Crippen molar-refractivity contribution in [3.8, 4) is 11.4 Å². The Morgan fingerprint density at radius 1 is 1.06 bits per heavy atom. The topological polar surface area (TPSA) is 62.5 Å². The van der Waals surface area contributed by atoms with Crippen LogP contribution in [0.4, 0.5) is 13.2 Å². The molecule has 0 spiro atoms. The van der Waals surface area contributed by atoms with Crippen molar-refractivity contribution in [3.05, 3.63) is 70.6 Å². The largest absolute Gasteiger partial charge is 0.416 e. The van der Waals surface area contributed by atoms with Gasteiger partial charge in [0.25, 0.3) is 0 Å². The maximum Gasteiger partial charge on any atom is 0.416 e. The van der Waals surface area contributed by atoms with Gasteiger partial charge in [0, 0.05) is 36.8 Å². The van der Waals surface area contributed by atoms with Crippen LogP contribution in [0.1, 0.15) is 29.9 Å². The van der Waals surface area contributed by atoms with Gasteiger partial charge in [-0.15, -0.1) is 0 Å². The number of aromatic nitrogens is 2. The fraction of sp³-hybridized carbons (Fsp3) is 0.375. The van der Waals surface area contributed by atoms with Crippen LogP contribution in [-0.4, -0.2) is 52.0 Å². The molecule has 2 heterocycles. The van der Waals surface area contributed by atoms with Crippen LogP contribution in [0.15, 0.2) is 53.1 Å². The lowest BCUT2D eigenvalue weighted by atomic mass is 9.94. The number of rotatable bonds is 5. The Kier molecular flexibility index (Phi) is 5.85. The van der Waals surface area contributed by atoms with Gasteiger partial charge in [-0.05, 0) is 42.7 Å². The smallest absolute Gasteiger partial charge is 0.339 e. The molecule has 0 atom stereocenters. The molecular formula is C24H22ClF3N4O2. The van der Waals surface area contributed by atoms with Gasteiger partial charge >= 0.3 is 6.18 Å². The van der Waals surface area contributed by atoms with Gasteiger partial charge in [0.05, 0.1) is 17.5 Å². The molecule has 178 valence electrons. The van der Waals surface area contributed by atoms with Crippen LogP contribution < -0.4 is 0 Å². The first-order valence-electron chi connectivity index (χ1n) is 11.0. The highest BCUT2D eigenvalue weighted by molar-refractivity contribution is 6.30. The third-order valence-electron chi connectivity index (χ3n) is 6.47. The van der Waals surface area contributed by atoms with Crippen LogP contribution in [-0.2, 0) is 22.9 Å². The third kappa shape index (κ3) is 4.54. The Labute approximate surface area is 199 Å². The molecule has 6 nitrogen and oxygen atoms in total. The lowest BCUT2D eigenvalue weighted by Gasteiger charge is -2.36. The average molecular weight is 491 g/mol. The highest BCUT2D eigenvalue weighted by Crippen LogP contribution is 2.50. The van der Waals surface area contributed by atoms with Crippen LogP contribution in [0.3, 0.4) is 0 Å². The summed E-state index contributed by atoms with van der Waals surface area (Å²) in [6, 6.07) is 12.4.